The SMILES string of the molecule is C[C@@H](NC(=O)[C@@H]1c2ccccc2-c2ccccc2[C@@H]1C(=O)O)c1cccc2ccccc12. The molecule has 4 heteroatoms. The van der Waals surface area contributed by atoms with Gasteiger partial charge in [0.05, 0.1) is 17.9 Å². The molecule has 1 aliphatic rings. The zero-order chi connectivity index (χ0) is 22.2. The number of hydrogen-bond donors (Lipinski definition) is 2. The second kappa shape index (κ2) is 7.97. The zero-order valence-corrected chi connectivity index (χ0v) is 17.7. The average molecular weight is 421 g/mol. The number of carboxylic acids is 1. The van der Waals surface area contributed by atoms with Crippen LogP contribution in [-0.4, -0.2) is 17.0 Å². The van der Waals surface area contributed by atoms with Crippen molar-refractivity contribution in [2.24, 2.45) is 0 Å². The number of carbonyl (C=O) groups excluding carboxylic acids is 1. The lowest BCUT2D eigenvalue weighted by Gasteiger charge is -2.33. The van der Waals surface area contributed by atoms with Gasteiger partial charge in [-0.15, -0.1) is 0 Å². The smallest absolute Gasteiger partial charge is 0.312 e. The van der Waals surface area contributed by atoms with Crippen molar-refractivity contribution in [3.05, 3.63) is 108 Å². The second-order valence-corrected chi connectivity index (χ2v) is 8.27. The van der Waals surface area contributed by atoms with Gasteiger partial charge in [-0.25, -0.2) is 0 Å². The highest BCUT2D eigenvalue weighted by molar-refractivity contribution is 5.98. The molecule has 0 unspecified atom stereocenters. The van der Waals surface area contributed by atoms with Gasteiger partial charge in [-0.1, -0.05) is 91.0 Å². The number of fused-ring (bicyclic) bond motifs is 4. The summed E-state index contributed by atoms with van der Waals surface area (Å²) in [5, 5.41) is 15.4. The van der Waals surface area contributed by atoms with E-state index in [4.69, 9.17) is 0 Å². The van der Waals surface area contributed by atoms with E-state index in [9.17, 15) is 14.7 Å². The van der Waals surface area contributed by atoms with Crippen LogP contribution in [0.3, 0.4) is 0 Å². The molecule has 3 atom stereocenters. The Balaban J connectivity index is 1.56. The first-order valence-corrected chi connectivity index (χ1v) is 10.8. The summed E-state index contributed by atoms with van der Waals surface area (Å²) < 4.78 is 0. The first-order valence-electron chi connectivity index (χ1n) is 10.8. The molecular weight excluding hydrogens is 398 g/mol. The van der Waals surface area contributed by atoms with E-state index < -0.39 is 17.8 Å². The van der Waals surface area contributed by atoms with Crippen molar-refractivity contribution in [1.29, 1.82) is 0 Å². The van der Waals surface area contributed by atoms with Gasteiger partial charge < -0.3 is 10.4 Å². The minimum absolute atomic E-state index is 0.271. The quantitative estimate of drug-likeness (QED) is 0.447. The first kappa shape index (κ1) is 20.0. The molecule has 2 N–H and O–H groups in total. The van der Waals surface area contributed by atoms with Gasteiger partial charge in [0, 0.05) is 0 Å². The zero-order valence-electron chi connectivity index (χ0n) is 17.7. The molecule has 5 rings (SSSR count). The van der Waals surface area contributed by atoms with Gasteiger partial charge in [0.2, 0.25) is 5.91 Å². The minimum Gasteiger partial charge on any atom is -0.481 e. The third kappa shape index (κ3) is 3.25. The molecular formula is C28H23NO3. The molecule has 0 aromatic heterocycles. The number of rotatable bonds is 4. The Morgan fingerprint density at radius 3 is 2.00 bits per heavy atom. The standard InChI is InChI=1S/C28H23NO3/c1-17(19-16-8-10-18-9-2-3-11-20(18)19)29-27(30)25-23-14-6-4-12-21(23)22-13-5-7-15-24(22)26(25)28(31)32/h2-17,25-26H,1H3,(H,29,30)(H,31,32)/t17-,25-,26+/m1/s1. The topological polar surface area (TPSA) is 66.4 Å². The predicted molar refractivity (Wildman–Crippen MR) is 126 cm³/mol. The van der Waals surface area contributed by atoms with Crippen molar-refractivity contribution in [2.45, 2.75) is 24.8 Å². The summed E-state index contributed by atoms with van der Waals surface area (Å²) in [6.07, 6.45) is 0. The maximum absolute atomic E-state index is 13.6. The van der Waals surface area contributed by atoms with Crippen LogP contribution >= 0.6 is 0 Å². The van der Waals surface area contributed by atoms with E-state index >= 15 is 0 Å². The highest BCUT2D eigenvalue weighted by Gasteiger charge is 2.42. The van der Waals surface area contributed by atoms with Crippen LogP contribution in [-0.2, 0) is 9.59 Å². The third-order valence-electron chi connectivity index (χ3n) is 6.41. The summed E-state index contributed by atoms with van der Waals surface area (Å²) >= 11 is 0. The highest BCUT2D eigenvalue weighted by atomic mass is 16.4. The van der Waals surface area contributed by atoms with E-state index in [0.29, 0.717) is 5.56 Å². The molecule has 0 aliphatic heterocycles. The highest BCUT2D eigenvalue weighted by Crippen LogP contribution is 2.47. The molecule has 1 amide bonds. The lowest BCUT2D eigenvalue weighted by molar-refractivity contribution is -0.142. The summed E-state index contributed by atoms with van der Waals surface area (Å²) in [7, 11) is 0. The number of benzene rings is 4. The van der Waals surface area contributed by atoms with Crippen LogP contribution in [0, 0.1) is 0 Å². The normalized spacial score (nSPS) is 17.8. The molecule has 4 nitrogen and oxygen atoms in total. The van der Waals surface area contributed by atoms with Crippen LogP contribution in [0.5, 0.6) is 0 Å². The van der Waals surface area contributed by atoms with E-state index in [0.717, 1.165) is 33.0 Å². The van der Waals surface area contributed by atoms with Gasteiger partial charge in [0.1, 0.15) is 0 Å². The van der Waals surface area contributed by atoms with Crippen LogP contribution in [0.2, 0.25) is 0 Å². The summed E-state index contributed by atoms with van der Waals surface area (Å²) in [6, 6.07) is 28.9. The van der Waals surface area contributed by atoms with E-state index in [1.54, 1.807) is 0 Å². The maximum atomic E-state index is 13.6. The fourth-order valence-electron chi connectivity index (χ4n) is 4.96. The lowest BCUT2D eigenvalue weighted by Crippen LogP contribution is -2.38. The van der Waals surface area contributed by atoms with Gasteiger partial charge in [0.25, 0.3) is 0 Å². The molecule has 0 spiro atoms. The Morgan fingerprint density at radius 2 is 1.31 bits per heavy atom. The third-order valence-corrected chi connectivity index (χ3v) is 6.41. The van der Waals surface area contributed by atoms with Crippen molar-refractivity contribution in [1.82, 2.24) is 5.32 Å². The number of carbonyl (C=O) groups is 2. The maximum Gasteiger partial charge on any atom is 0.312 e. The monoisotopic (exact) mass is 421 g/mol. The Kier molecular flexibility index (Phi) is 4.98. The molecule has 4 aromatic rings. The number of nitrogens with one attached hydrogen (secondary N) is 1. The van der Waals surface area contributed by atoms with Crippen molar-refractivity contribution < 1.29 is 14.7 Å². The second-order valence-electron chi connectivity index (χ2n) is 8.27. The van der Waals surface area contributed by atoms with Crippen LogP contribution < -0.4 is 5.32 Å². The number of hydrogen-bond acceptors (Lipinski definition) is 2. The summed E-state index contributed by atoms with van der Waals surface area (Å²) in [4.78, 5) is 26.0. The molecule has 0 bridgehead atoms. The molecule has 0 fully saturated rings. The van der Waals surface area contributed by atoms with E-state index in [2.05, 4.69) is 5.32 Å². The van der Waals surface area contributed by atoms with Gasteiger partial charge in [-0.2, -0.15) is 0 Å². The molecule has 1 aliphatic carbocycles. The minimum atomic E-state index is -0.995. The van der Waals surface area contributed by atoms with Crippen molar-refractivity contribution in [2.75, 3.05) is 0 Å². The van der Waals surface area contributed by atoms with Gasteiger partial charge >= 0.3 is 5.97 Å². The fourth-order valence-corrected chi connectivity index (χ4v) is 4.96. The van der Waals surface area contributed by atoms with E-state index in [-0.39, 0.29) is 11.9 Å². The first-order chi connectivity index (χ1) is 15.6. The van der Waals surface area contributed by atoms with Crippen LogP contribution in [0.25, 0.3) is 21.9 Å². The molecule has 158 valence electrons. The fraction of sp³-hybridized carbons (Fsp3) is 0.143. The molecule has 4 aromatic carbocycles. The largest absolute Gasteiger partial charge is 0.481 e. The number of amides is 1. The summed E-state index contributed by atoms with van der Waals surface area (Å²) in [6.45, 7) is 1.94. The number of carboxylic acid groups (broad SMARTS) is 1. The average Bonchev–Trinajstić information content (AvgIpc) is 2.82. The van der Waals surface area contributed by atoms with Crippen LogP contribution in [0.4, 0.5) is 0 Å². The molecule has 0 radical (unpaired) electrons. The molecule has 0 saturated carbocycles. The summed E-state index contributed by atoms with van der Waals surface area (Å²) in [5.74, 6) is -3.03. The molecule has 32 heavy (non-hydrogen) atoms. The van der Waals surface area contributed by atoms with Crippen LogP contribution in [0.1, 0.15) is 41.5 Å². The van der Waals surface area contributed by atoms with Crippen molar-refractivity contribution in [3.8, 4) is 11.1 Å². The lowest BCUT2D eigenvalue weighted by atomic mass is 9.71. The Bertz CT molecular complexity index is 1340. The number of aliphatic carboxylic acids is 1. The molecule has 0 heterocycles. The predicted octanol–water partition coefficient (Wildman–Crippen LogP) is 5.65. The summed E-state index contributed by atoms with van der Waals surface area (Å²) in [5.41, 5.74) is 4.23. The van der Waals surface area contributed by atoms with E-state index in [1.165, 1.54) is 0 Å². The van der Waals surface area contributed by atoms with Gasteiger partial charge in [-0.05, 0) is 45.5 Å². The van der Waals surface area contributed by atoms with Crippen LogP contribution in [0.15, 0.2) is 91.0 Å². The van der Waals surface area contributed by atoms with E-state index in [1.807, 2.05) is 97.9 Å². The van der Waals surface area contributed by atoms with Gasteiger partial charge in [-0.3, -0.25) is 9.59 Å². The van der Waals surface area contributed by atoms with Gasteiger partial charge in [0.15, 0.2) is 0 Å². The van der Waals surface area contributed by atoms with Crippen molar-refractivity contribution >= 4 is 22.6 Å². The molecule has 0 saturated heterocycles. The Labute approximate surface area is 186 Å². The van der Waals surface area contributed by atoms with Crippen molar-refractivity contribution in [3.63, 3.8) is 0 Å². The Hall–Kier alpha value is -3.92. The Morgan fingerprint density at radius 1 is 0.750 bits per heavy atom.